The van der Waals surface area contributed by atoms with Crippen LogP contribution in [-0.4, -0.2) is 26.9 Å². The molecule has 1 aromatic carbocycles. The van der Waals surface area contributed by atoms with Crippen LogP contribution in [0.15, 0.2) is 29.2 Å². The highest BCUT2D eigenvalue weighted by Gasteiger charge is 2.31. The monoisotopic (exact) mass is 280 g/mol. The summed E-state index contributed by atoms with van der Waals surface area (Å²) in [5.74, 6) is 0.0149. The smallest absolute Gasteiger partial charge is 0.280 e. The Kier molecular flexibility index (Phi) is 4.00. The Balaban J connectivity index is 2.25. The van der Waals surface area contributed by atoms with E-state index in [1.807, 2.05) is 13.0 Å². The van der Waals surface area contributed by atoms with Crippen molar-refractivity contribution in [1.29, 1.82) is 0 Å². The fourth-order valence-electron chi connectivity index (χ4n) is 1.53. The first-order chi connectivity index (χ1) is 8.61. The molecule has 1 saturated heterocycles. The number of phenolic OH excluding ortho intramolecular Hbond substituents is 1. The molecule has 1 heterocycles. The zero-order valence-electron chi connectivity index (χ0n) is 9.71. The highest BCUT2D eigenvalue weighted by Crippen LogP contribution is 2.31. The third-order valence-electron chi connectivity index (χ3n) is 2.28. The minimum absolute atomic E-state index is 0.157. The van der Waals surface area contributed by atoms with Crippen molar-refractivity contribution in [2.75, 3.05) is 6.54 Å². The standard InChI is InChI=1S/C12H12N2O2S2/c1-2-13-14-11(16)10(18-12(14)17)7-8-4-3-5-9(15)6-8/h3-7,13,15H,2H2,1H3/b10-7+. The molecule has 18 heavy (non-hydrogen) atoms. The average Bonchev–Trinajstić information content (AvgIpc) is 2.57. The summed E-state index contributed by atoms with van der Waals surface area (Å²) in [6.07, 6.45) is 1.72. The maximum absolute atomic E-state index is 12.0. The van der Waals surface area contributed by atoms with Crippen LogP contribution >= 0.6 is 24.0 Å². The Morgan fingerprint density at radius 3 is 3.00 bits per heavy atom. The molecule has 0 bridgehead atoms. The van der Waals surface area contributed by atoms with E-state index in [-0.39, 0.29) is 11.7 Å². The van der Waals surface area contributed by atoms with Gasteiger partial charge in [-0.1, -0.05) is 43.0 Å². The molecule has 1 fully saturated rings. The maximum Gasteiger partial charge on any atom is 0.280 e. The summed E-state index contributed by atoms with van der Waals surface area (Å²) in [7, 11) is 0. The Morgan fingerprint density at radius 2 is 2.33 bits per heavy atom. The third-order valence-corrected chi connectivity index (χ3v) is 3.58. The van der Waals surface area contributed by atoms with Crippen LogP contribution in [0.2, 0.25) is 0 Å². The second-order valence-corrected chi connectivity index (χ2v) is 5.30. The fourth-order valence-corrected chi connectivity index (χ4v) is 2.75. The summed E-state index contributed by atoms with van der Waals surface area (Å²) >= 11 is 6.36. The summed E-state index contributed by atoms with van der Waals surface area (Å²) < 4.78 is 0.494. The SMILES string of the molecule is CCNN1C(=O)/C(=C\c2cccc(O)c2)SC1=S. The minimum Gasteiger partial charge on any atom is -0.508 e. The van der Waals surface area contributed by atoms with Gasteiger partial charge in [0.25, 0.3) is 5.91 Å². The third kappa shape index (κ3) is 2.72. The van der Waals surface area contributed by atoms with Crippen molar-refractivity contribution in [2.45, 2.75) is 6.92 Å². The number of hydrogen-bond donors (Lipinski definition) is 2. The number of hydrazine groups is 1. The molecule has 1 aromatic rings. The van der Waals surface area contributed by atoms with Gasteiger partial charge in [-0.05, 0) is 23.8 Å². The molecule has 94 valence electrons. The molecule has 2 N–H and O–H groups in total. The van der Waals surface area contributed by atoms with Crippen LogP contribution in [0, 0.1) is 0 Å². The van der Waals surface area contributed by atoms with Crippen molar-refractivity contribution >= 4 is 40.3 Å². The molecule has 0 unspecified atom stereocenters. The van der Waals surface area contributed by atoms with Crippen LogP contribution in [0.5, 0.6) is 5.75 Å². The number of benzene rings is 1. The molecule has 0 aliphatic carbocycles. The zero-order chi connectivity index (χ0) is 13.1. The summed E-state index contributed by atoms with van der Waals surface area (Å²) in [5, 5.41) is 10.7. The number of nitrogens with one attached hydrogen (secondary N) is 1. The zero-order valence-corrected chi connectivity index (χ0v) is 11.3. The van der Waals surface area contributed by atoms with Gasteiger partial charge in [-0.25, -0.2) is 10.4 Å². The molecule has 1 aliphatic rings. The van der Waals surface area contributed by atoms with Crippen LogP contribution in [-0.2, 0) is 4.79 Å². The first-order valence-electron chi connectivity index (χ1n) is 5.42. The van der Waals surface area contributed by atoms with Gasteiger partial charge in [0, 0.05) is 6.54 Å². The first kappa shape index (κ1) is 13.1. The van der Waals surface area contributed by atoms with Crippen molar-refractivity contribution in [3.63, 3.8) is 0 Å². The van der Waals surface area contributed by atoms with Crippen molar-refractivity contribution in [3.8, 4) is 5.75 Å². The fraction of sp³-hybridized carbons (Fsp3) is 0.167. The molecule has 6 heteroatoms. The Morgan fingerprint density at radius 1 is 1.56 bits per heavy atom. The second kappa shape index (κ2) is 5.51. The minimum atomic E-state index is -0.157. The van der Waals surface area contributed by atoms with E-state index < -0.39 is 0 Å². The van der Waals surface area contributed by atoms with Crippen LogP contribution < -0.4 is 5.43 Å². The maximum atomic E-state index is 12.0. The number of thioether (sulfide) groups is 1. The van der Waals surface area contributed by atoms with Gasteiger partial charge in [0.15, 0.2) is 4.32 Å². The van der Waals surface area contributed by atoms with Crippen molar-refractivity contribution in [2.24, 2.45) is 0 Å². The lowest BCUT2D eigenvalue weighted by Crippen LogP contribution is -2.40. The summed E-state index contributed by atoms with van der Waals surface area (Å²) in [5.41, 5.74) is 3.67. The quantitative estimate of drug-likeness (QED) is 0.656. The largest absolute Gasteiger partial charge is 0.508 e. The molecule has 1 amide bonds. The molecule has 4 nitrogen and oxygen atoms in total. The van der Waals surface area contributed by atoms with Gasteiger partial charge in [-0.2, -0.15) is 0 Å². The molecule has 0 aromatic heterocycles. The van der Waals surface area contributed by atoms with Crippen LogP contribution in [0.25, 0.3) is 6.08 Å². The average molecular weight is 280 g/mol. The summed E-state index contributed by atoms with van der Waals surface area (Å²) in [6, 6.07) is 6.73. The van der Waals surface area contributed by atoms with Gasteiger partial charge in [0.05, 0.1) is 4.91 Å². The van der Waals surface area contributed by atoms with E-state index >= 15 is 0 Å². The van der Waals surface area contributed by atoms with Gasteiger partial charge in [-0.3, -0.25) is 4.79 Å². The number of carbonyl (C=O) groups excluding carboxylic acids is 1. The Hall–Kier alpha value is -1.37. The predicted molar refractivity (Wildman–Crippen MR) is 76.8 cm³/mol. The lowest BCUT2D eigenvalue weighted by molar-refractivity contribution is -0.124. The molecule has 0 saturated carbocycles. The second-order valence-electron chi connectivity index (χ2n) is 3.62. The molecule has 2 rings (SSSR count). The number of phenols is 1. The summed E-state index contributed by atoms with van der Waals surface area (Å²) in [6.45, 7) is 2.53. The number of amides is 1. The Bertz CT molecular complexity index is 529. The van der Waals surface area contributed by atoms with Gasteiger partial charge in [-0.15, -0.1) is 0 Å². The van der Waals surface area contributed by atoms with E-state index in [1.54, 1.807) is 24.3 Å². The molecule has 0 spiro atoms. The van der Waals surface area contributed by atoms with Gasteiger partial charge in [0.2, 0.25) is 0 Å². The molecule has 0 radical (unpaired) electrons. The summed E-state index contributed by atoms with van der Waals surface area (Å²) in [4.78, 5) is 12.6. The van der Waals surface area contributed by atoms with E-state index in [1.165, 1.54) is 16.8 Å². The van der Waals surface area contributed by atoms with Crippen LogP contribution in [0.4, 0.5) is 0 Å². The van der Waals surface area contributed by atoms with E-state index in [4.69, 9.17) is 12.2 Å². The Labute approximate surface area is 115 Å². The van der Waals surface area contributed by atoms with Crippen molar-refractivity contribution < 1.29 is 9.90 Å². The van der Waals surface area contributed by atoms with Gasteiger partial charge < -0.3 is 5.11 Å². The van der Waals surface area contributed by atoms with Crippen LogP contribution in [0.3, 0.4) is 0 Å². The number of thiocarbonyl (C=S) groups is 1. The number of nitrogens with zero attached hydrogens (tertiary/aromatic N) is 1. The topological polar surface area (TPSA) is 52.6 Å². The van der Waals surface area contributed by atoms with E-state index in [0.29, 0.717) is 15.8 Å². The normalized spacial score (nSPS) is 17.8. The number of aromatic hydroxyl groups is 1. The van der Waals surface area contributed by atoms with Gasteiger partial charge >= 0.3 is 0 Å². The number of carbonyl (C=O) groups is 1. The lowest BCUT2D eigenvalue weighted by atomic mass is 10.2. The van der Waals surface area contributed by atoms with Crippen LogP contribution in [0.1, 0.15) is 12.5 Å². The van der Waals surface area contributed by atoms with E-state index in [9.17, 15) is 9.90 Å². The van der Waals surface area contributed by atoms with Crippen molar-refractivity contribution in [3.05, 3.63) is 34.7 Å². The molecular formula is C12H12N2O2S2. The number of hydrogen-bond acceptors (Lipinski definition) is 5. The molecular weight excluding hydrogens is 268 g/mol. The molecule has 1 aliphatic heterocycles. The molecule has 0 atom stereocenters. The van der Waals surface area contributed by atoms with E-state index in [0.717, 1.165) is 5.56 Å². The van der Waals surface area contributed by atoms with E-state index in [2.05, 4.69) is 5.43 Å². The first-order valence-corrected chi connectivity index (χ1v) is 6.65. The van der Waals surface area contributed by atoms with Crippen molar-refractivity contribution in [1.82, 2.24) is 10.4 Å². The highest BCUT2D eigenvalue weighted by molar-refractivity contribution is 8.26. The lowest BCUT2D eigenvalue weighted by Gasteiger charge is -2.13. The van der Waals surface area contributed by atoms with Gasteiger partial charge in [0.1, 0.15) is 5.75 Å². The number of rotatable bonds is 3. The highest BCUT2D eigenvalue weighted by atomic mass is 32.2. The predicted octanol–water partition coefficient (Wildman–Crippen LogP) is 2.12.